The third-order valence-electron chi connectivity index (χ3n) is 5.84. The van der Waals surface area contributed by atoms with Crippen molar-refractivity contribution in [2.75, 3.05) is 19.7 Å². The Morgan fingerprint density at radius 1 is 0.966 bits per heavy atom. The molecule has 1 saturated heterocycles. The second kappa shape index (κ2) is 14.2. The van der Waals surface area contributed by atoms with Crippen LogP contribution in [0.2, 0.25) is 0 Å². The molecule has 1 aliphatic heterocycles. The molecule has 5 heteroatoms. The summed E-state index contributed by atoms with van der Waals surface area (Å²) in [7, 11) is 0. The van der Waals surface area contributed by atoms with Crippen molar-refractivity contribution in [1.82, 2.24) is 4.90 Å². The van der Waals surface area contributed by atoms with Gasteiger partial charge in [-0.05, 0) is 31.4 Å². The molecule has 0 aromatic carbocycles. The molecule has 1 fully saturated rings. The molecule has 5 nitrogen and oxygen atoms in total. The summed E-state index contributed by atoms with van der Waals surface area (Å²) in [5.41, 5.74) is 0. The third kappa shape index (κ3) is 9.05. The molecule has 0 atom stereocenters. The van der Waals surface area contributed by atoms with E-state index in [1.807, 2.05) is 0 Å². The molecule has 1 aromatic rings. The van der Waals surface area contributed by atoms with Gasteiger partial charge in [0.15, 0.2) is 5.76 Å². The van der Waals surface area contributed by atoms with Crippen molar-refractivity contribution in [2.24, 2.45) is 5.92 Å². The quantitative estimate of drug-likeness (QED) is 0.282. The number of esters is 1. The number of rotatable bonds is 14. The zero-order chi connectivity index (χ0) is 20.7. The summed E-state index contributed by atoms with van der Waals surface area (Å²) in [6.07, 6.45) is 17.0. The Labute approximate surface area is 176 Å². The molecule has 2 rings (SSSR count). The predicted octanol–water partition coefficient (Wildman–Crippen LogP) is 5.99. The normalized spacial score (nSPS) is 14.9. The van der Waals surface area contributed by atoms with Crippen LogP contribution in [0, 0.1) is 5.92 Å². The maximum atomic E-state index is 12.3. The van der Waals surface area contributed by atoms with E-state index in [0.717, 1.165) is 12.8 Å². The van der Waals surface area contributed by atoms with E-state index in [1.165, 1.54) is 64.1 Å². The van der Waals surface area contributed by atoms with Crippen LogP contribution >= 0.6 is 0 Å². The summed E-state index contributed by atoms with van der Waals surface area (Å²) in [6, 6.07) is 3.39. The largest absolute Gasteiger partial charge is 0.465 e. The van der Waals surface area contributed by atoms with E-state index >= 15 is 0 Å². The first-order chi connectivity index (χ1) is 14.2. The maximum absolute atomic E-state index is 12.3. The summed E-state index contributed by atoms with van der Waals surface area (Å²) in [4.78, 5) is 26.2. The Morgan fingerprint density at radius 3 is 2.10 bits per heavy atom. The van der Waals surface area contributed by atoms with Crippen LogP contribution in [0.5, 0.6) is 0 Å². The van der Waals surface area contributed by atoms with E-state index in [9.17, 15) is 9.59 Å². The van der Waals surface area contributed by atoms with E-state index in [2.05, 4.69) is 6.92 Å². The lowest BCUT2D eigenvalue weighted by Crippen LogP contribution is -2.40. The second-order valence-corrected chi connectivity index (χ2v) is 8.25. The molecule has 0 N–H and O–H groups in total. The number of ether oxygens (including phenoxy) is 1. The zero-order valence-corrected chi connectivity index (χ0v) is 18.2. The molecular weight excluding hydrogens is 366 g/mol. The fourth-order valence-electron chi connectivity index (χ4n) is 3.93. The number of unbranched alkanes of at least 4 members (excludes halogenated alkanes) is 10. The summed E-state index contributed by atoms with van der Waals surface area (Å²) >= 11 is 0. The number of carbonyl (C=O) groups excluding carboxylic acids is 2. The second-order valence-electron chi connectivity index (χ2n) is 8.25. The van der Waals surface area contributed by atoms with Gasteiger partial charge in [-0.3, -0.25) is 9.59 Å². The van der Waals surface area contributed by atoms with Crippen molar-refractivity contribution in [1.29, 1.82) is 0 Å². The first-order valence-corrected chi connectivity index (χ1v) is 11.7. The van der Waals surface area contributed by atoms with E-state index in [-0.39, 0.29) is 17.8 Å². The van der Waals surface area contributed by atoms with Gasteiger partial charge < -0.3 is 14.1 Å². The number of hydrogen-bond acceptors (Lipinski definition) is 4. The Kier molecular flexibility index (Phi) is 11.5. The number of hydrogen-bond donors (Lipinski definition) is 0. The third-order valence-corrected chi connectivity index (χ3v) is 5.84. The number of furan rings is 1. The van der Waals surface area contributed by atoms with Gasteiger partial charge in [-0.25, -0.2) is 0 Å². The molecule has 1 aliphatic rings. The highest BCUT2D eigenvalue weighted by atomic mass is 16.5. The molecule has 0 spiro atoms. The van der Waals surface area contributed by atoms with Crippen molar-refractivity contribution in [3.05, 3.63) is 24.2 Å². The monoisotopic (exact) mass is 405 g/mol. The first kappa shape index (κ1) is 23.5. The minimum Gasteiger partial charge on any atom is -0.465 e. The molecule has 164 valence electrons. The van der Waals surface area contributed by atoms with Crippen molar-refractivity contribution in [2.45, 2.75) is 90.4 Å². The minimum atomic E-state index is -0.0952. The zero-order valence-electron chi connectivity index (χ0n) is 18.2. The minimum absolute atomic E-state index is 0.0802. The van der Waals surface area contributed by atoms with E-state index < -0.39 is 0 Å². The van der Waals surface area contributed by atoms with Crippen molar-refractivity contribution in [3.63, 3.8) is 0 Å². The molecule has 0 unspecified atom stereocenters. The fourth-order valence-corrected chi connectivity index (χ4v) is 3.93. The van der Waals surface area contributed by atoms with Gasteiger partial charge in [-0.15, -0.1) is 0 Å². The molecule has 1 amide bonds. The Bertz CT molecular complexity index is 561. The van der Waals surface area contributed by atoms with E-state index in [1.54, 1.807) is 17.0 Å². The topological polar surface area (TPSA) is 59.8 Å². The van der Waals surface area contributed by atoms with Crippen molar-refractivity contribution < 1.29 is 18.7 Å². The van der Waals surface area contributed by atoms with Crippen LogP contribution in [0.1, 0.15) is 101 Å². The van der Waals surface area contributed by atoms with Crippen LogP contribution in [0.25, 0.3) is 0 Å². The fraction of sp³-hybridized carbons (Fsp3) is 0.750. The van der Waals surface area contributed by atoms with Gasteiger partial charge in [-0.1, -0.05) is 71.1 Å². The van der Waals surface area contributed by atoms with Crippen molar-refractivity contribution in [3.8, 4) is 0 Å². The van der Waals surface area contributed by atoms with Crippen LogP contribution in [0.4, 0.5) is 0 Å². The van der Waals surface area contributed by atoms with Gasteiger partial charge in [0.1, 0.15) is 0 Å². The van der Waals surface area contributed by atoms with Gasteiger partial charge in [0, 0.05) is 13.1 Å². The highest BCUT2D eigenvalue weighted by Crippen LogP contribution is 2.21. The van der Waals surface area contributed by atoms with Gasteiger partial charge in [0.25, 0.3) is 5.91 Å². The molecule has 0 bridgehead atoms. The summed E-state index contributed by atoms with van der Waals surface area (Å²) in [6.45, 7) is 3.95. The summed E-state index contributed by atoms with van der Waals surface area (Å²) in [5, 5.41) is 0. The Morgan fingerprint density at radius 2 is 1.55 bits per heavy atom. The summed E-state index contributed by atoms with van der Waals surface area (Å²) in [5.74, 6) is 0.0934. The Hall–Kier alpha value is -1.78. The number of carbonyl (C=O) groups is 2. The van der Waals surface area contributed by atoms with Gasteiger partial charge in [0.2, 0.25) is 0 Å². The van der Waals surface area contributed by atoms with Crippen LogP contribution in [0.15, 0.2) is 22.8 Å². The van der Waals surface area contributed by atoms with Crippen LogP contribution in [0.3, 0.4) is 0 Å². The van der Waals surface area contributed by atoms with E-state index in [0.29, 0.717) is 38.3 Å². The lowest BCUT2D eigenvalue weighted by Gasteiger charge is -2.30. The molecule has 2 heterocycles. The number of amides is 1. The van der Waals surface area contributed by atoms with Gasteiger partial charge in [0.05, 0.1) is 18.8 Å². The molecule has 0 aliphatic carbocycles. The maximum Gasteiger partial charge on any atom is 0.309 e. The number of piperidine rings is 1. The van der Waals surface area contributed by atoms with Crippen molar-refractivity contribution >= 4 is 11.9 Å². The van der Waals surface area contributed by atoms with Crippen LogP contribution in [-0.4, -0.2) is 36.5 Å². The SMILES string of the molecule is CCCCCCCCCCCCCOC(=O)C1CCN(C(=O)c2ccco2)CC1. The molecule has 0 saturated carbocycles. The number of likely N-dealkylation sites (tertiary alicyclic amines) is 1. The number of nitrogens with zero attached hydrogens (tertiary/aromatic N) is 1. The molecule has 1 aromatic heterocycles. The average molecular weight is 406 g/mol. The van der Waals surface area contributed by atoms with Crippen LogP contribution in [-0.2, 0) is 9.53 Å². The average Bonchev–Trinajstić information content (AvgIpc) is 3.29. The highest BCUT2D eigenvalue weighted by molar-refractivity contribution is 5.91. The molecule has 0 radical (unpaired) electrons. The lowest BCUT2D eigenvalue weighted by molar-refractivity contribution is -0.150. The standard InChI is InChI=1S/C24H39NO4/c1-2-3-4-5-6-7-8-9-10-11-12-19-29-24(27)21-15-17-25(18-16-21)23(26)22-14-13-20-28-22/h13-14,20-21H,2-12,15-19H2,1H3. The molecule has 29 heavy (non-hydrogen) atoms. The summed E-state index contributed by atoms with van der Waals surface area (Å²) < 4.78 is 10.6. The Balaban J connectivity index is 1.44. The molecular formula is C24H39NO4. The highest BCUT2D eigenvalue weighted by Gasteiger charge is 2.29. The van der Waals surface area contributed by atoms with E-state index in [4.69, 9.17) is 9.15 Å². The smallest absolute Gasteiger partial charge is 0.309 e. The van der Waals surface area contributed by atoms with Crippen LogP contribution < -0.4 is 0 Å². The van der Waals surface area contributed by atoms with Gasteiger partial charge in [-0.2, -0.15) is 0 Å². The van der Waals surface area contributed by atoms with Gasteiger partial charge >= 0.3 is 5.97 Å². The lowest BCUT2D eigenvalue weighted by atomic mass is 9.97. The first-order valence-electron chi connectivity index (χ1n) is 11.7. The predicted molar refractivity (Wildman–Crippen MR) is 115 cm³/mol.